The Balaban J connectivity index is 3.16. The van der Waals surface area contributed by atoms with Crippen molar-refractivity contribution in [3.8, 4) is 0 Å². The highest BCUT2D eigenvalue weighted by Crippen LogP contribution is 2.26. The van der Waals surface area contributed by atoms with Gasteiger partial charge < -0.3 is 4.74 Å². The average Bonchev–Trinajstić information content (AvgIpc) is 2.27. The Hall–Kier alpha value is -1.43. The molecule has 0 unspecified atom stereocenters. The molecular weight excluding hydrogens is 247 g/mol. The third-order valence-corrected chi connectivity index (χ3v) is 3.39. The van der Waals surface area contributed by atoms with E-state index in [2.05, 4.69) is 4.74 Å². The van der Waals surface area contributed by atoms with Gasteiger partial charge in [0.2, 0.25) is 0 Å². The van der Waals surface area contributed by atoms with Crippen LogP contribution in [0.1, 0.15) is 19.4 Å². The van der Waals surface area contributed by atoms with E-state index in [-0.39, 0.29) is 0 Å². The SMILES string of the molecule is COC(=O)C(C)(C)c1ccc(S(=O)(=O)F)cc1. The summed E-state index contributed by atoms with van der Waals surface area (Å²) in [6, 6.07) is 5.03. The number of carbonyl (C=O) groups excluding carboxylic acids is 1. The number of benzene rings is 1. The highest BCUT2D eigenvalue weighted by atomic mass is 32.3. The molecule has 0 saturated heterocycles. The first-order valence-corrected chi connectivity index (χ1v) is 6.21. The van der Waals surface area contributed by atoms with Gasteiger partial charge in [-0.3, -0.25) is 4.79 Å². The molecule has 0 atom stereocenters. The van der Waals surface area contributed by atoms with Crippen molar-refractivity contribution in [1.82, 2.24) is 0 Å². The third-order valence-electron chi connectivity index (χ3n) is 2.55. The first-order valence-electron chi connectivity index (χ1n) is 4.83. The summed E-state index contributed by atoms with van der Waals surface area (Å²) >= 11 is 0. The van der Waals surface area contributed by atoms with Crippen LogP contribution in [0.15, 0.2) is 29.2 Å². The second-order valence-corrected chi connectivity index (χ2v) is 5.43. The molecule has 0 N–H and O–H groups in total. The van der Waals surface area contributed by atoms with Gasteiger partial charge in [0.05, 0.1) is 17.4 Å². The van der Waals surface area contributed by atoms with Crippen LogP contribution in [0, 0.1) is 0 Å². The Morgan fingerprint density at radius 3 is 2.06 bits per heavy atom. The number of ether oxygens (including phenoxy) is 1. The molecular formula is C11H13FO4S. The fourth-order valence-corrected chi connectivity index (χ4v) is 1.87. The van der Waals surface area contributed by atoms with Crippen molar-refractivity contribution in [2.24, 2.45) is 0 Å². The number of rotatable bonds is 3. The predicted molar refractivity (Wildman–Crippen MR) is 59.8 cm³/mol. The molecule has 0 fully saturated rings. The Morgan fingerprint density at radius 2 is 1.71 bits per heavy atom. The summed E-state index contributed by atoms with van der Waals surface area (Å²) in [5.41, 5.74) is -0.357. The fourth-order valence-electron chi connectivity index (χ4n) is 1.41. The number of halogens is 1. The van der Waals surface area contributed by atoms with Crippen molar-refractivity contribution in [2.45, 2.75) is 24.2 Å². The summed E-state index contributed by atoms with van der Waals surface area (Å²) in [7, 11) is -3.44. The molecule has 1 rings (SSSR count). The second-order valence-electron chi connectivity index (χ2n) is 4.08. The van der Waals surface area contributed by atoms with Crippen molar-refractivity contribution >= 4 is 16.2 Å². The molecule has 4 nitrogen and oxygen atoms in total. The molecule has 0 heterocycles. The Kier molecular flexibility index (Phi) is 3.56. The average molecular weight is 260 g/mol. The van der Waals surface area contributed by atoms with E-state index >= 15 is 0 Å². The molecule has 0 aliphatic carbocycles. The summed E-state index contributed by atoms with van der Waals surface area (Å²) in [6.45, 7) is 3.27. The monoisotopic (exact) mass is 260 g/mol. The molecule has 0 aliphatic heterocycles. The van der Waals surface area contributed by atoms with Gasteiger partial charge in [0, 0.05) is 0 Å². The van der Waals surface area contributed by atoms with Gasteiger partial charge in [-0.1, -0.05) is 12.1 Å². The molecule has 1 aromatic carbocycles. The molecule has 0 bridgehead atoms. The molecule has 0 aliphatic rings. The molecule has 0 amide bonds. The highest BCUT2D eigenvalue weighted by Gasteiger charge is 2.31. The lowest BCUT2D eigenvalue weighted by Gasteiger charge is -2.21. The molecule has 0 saturated carbocycles. The van der Waals surface area contributed by atoms with Crippen molar-refractivity contribution in [3.63, 3.8) is 0 Å². The molecule has 94 valence electrons. The summed E-state index contributed by atoms with van der Waals surface area (Å²) in [6.07, 6.45) is 0. The van der Waals surface area contributed by atoms with Gasteiger partial charge in [0.15, 0.2) is 0 Å². The maximum Gasteiger partial charge on any atom is 0.332 e. The zero-order valence-corrected chi connectivity index (χ0v) is 10.5. The van der Waals surface area contributed by atoms with Crippen LogP contribution in [-0.4, -0.2) is 21.5 Å². The molecule has 1 aromatic rings. The number of methoxy groups -OCH3 is 1. The van der Waals surface area contributed by atoms with E-state index in [9.17, 15) is 17.1 Å². The van der Waals surface area contributed by atoms with Crippen LogP contribution in [0.3, 0.4) is 0 Å². The van der Waals surface area contributed by atoms with Gasteiger partial charge >= 0.3 is 16.2 Å². The van der Waals surface area contributed by atoms with Crippen LogP contribution < -0.4 is 0 Å². The first kappa shape index (κ1) is 13.6. The van der Waals surface area contributed by atoms with E-state index in [1.807, 2.05) is 0 Å². The van der Waals surface area contributed by atoms with E-state index in [1.54, 1.807) is 13.8 Å². The minimum absolute atomic E-state index is 0.429. The lowest BCUT2D eigenvalue weighted by atomic mass is 9.85. The highest BCUT2D eigenvalue weighted by molar-refractivity contribution is 7.86. The van der Waals surface area contributed by atoms with Gasteiger partial charge in [-0.25, -0.2) is 0 Å². The number of carbonyl (C=O) groups is 1. The van der Waals surface area contributed by atoms with E-state index in [1.165, 1.54) is 19.2 Å². The zero-order valence-electron chi connectivity index (χ0n) is 9.73. The van der Waals surface area contributed by atoms with Gasteiger partial charge in [-0.15, -0.1) is 3.89 Å². The van der Waals surface area contributed by atoms with E-state index in [0.29, 0.717) is 5.56 Å². The lowest BCUT2D eigenvalue weighted by molar-refractivity contribution is -0.146. The lowest BCUT2D eigenvalue weighted by Crippen LogP contribution is -2.30. The number of esters is 1. The molecule has 6 heteroatoms. The van der Waals surface area contributed by atoms with Crippen LogP contribution in [-0.2, 0) is 25.2 Å². The second kappa shape index (κ2) is 4.44. The Labute approximate surface area is 99.6 Å². The summed E-state index contributed by atoms with van der Waals surface area (Å²) < 4.78 is 38.5. The summed E-state index contributed by atoms with van der Waals surface area (Å²) in [4.78, 5) is 11.1. The molecule has 17 heavy (non-hydrogen) atoms. The standard InChI is InChI=1S/C11H13FO4S/c1-11(2,10(13)16-3)8-4-6-9(7-5-8)17(12,14)15/h4-7H,1-3H3. The van der Waals surface area contributed by atoms with Gasteiger partial charge in [-0.2, -0.15) is 8.42 Å². The van der Waals surface area contributed by atoms with Crippen LogP contribution >= 0.6 is 0 Å². The minimum Gasteiger partial charge on any atom is -0.468 e. The largest absolute Gasteiger partial charge is 0.468 e. The zero-order chi connectivity index (χ0) is 13.3. The summed E-state index contributed by atoms with van der Waals surface area (Å²) in [5, 5.41) is 0. The number of hydrogen-bond donors (Lipinski definition) is 0. The molecule has 0 radical (unpaired) electrons. The normalized spacial score (nSPS) is 12.2. The quantitative estimate of drug-likeness (QED) is 0.614. The van der Waals surface area contributed by atoms with E-state index < -0.39 is 26.5 Å². The maximum atomic E-state index is 12.7. The van der Waals surface area contributed by atoms with E-state index in [4.69, 9.17) is 0 Å². The van der Waals surface area contributed by atoms with E-state index in [0.717, 1.165) is 12.1 Å². The van der Waals surface area contributed by atoms with Crippen molar-refractivity contribution in [1.29, 1.82) is 0 Å². The predicted octanol–water partition coefficient (Wildman–Crippen LogP) is 1.80. The third kappa shape index (κ3) is 2.82. The fraction of sp³-hybridized carbons (Fsp3) is 0.364. The van der Waals surface area contributed by atoms with Crippen LogP contribution in [0.5, 0.6) is 0 Å². The topological polar surface area (TPSA) is 60.4 Å². The Bertz CT molecular complexity index is 517. The van der Waals surface area contributed by atoms with Gasteiger partial charge in [-0.05, 0) is 31.5 Å². The molecule has 0 aromatic heterocycles. The van der Waals surface area contributed by atoms with Crippen LogP contribution in [0.4, 0.5) is 3.89 Å². The maximum absolute atomic E-state index is 12.7. The Morgan fingerprint density at radius 1 is 1.24 bits per heavy atom. The van der Waals surface area contributed by atoms with Crippen molar-refractivity contribution in [2.75, 3.05) is 7.11 Å². The summed E-state index contributed by atoms with van der Waals surface area (Å²) in [5.74, 6) is -0.451. The van der Waals surface area contributed by atoms with Crippen molar-refractivity contribution in [3.05, 3.63) is 29.8 Å². The van der Waals surface area contributed by atoms with Crippen LogP contribution in [0.2, 0.25) is 0 Å². The number of hydrogen-bond acceptors (Lipinski definition) is 4. The first-order chi connectivity index (χ1) is 7.69. The minimum atomic E-state index is -4.71. The van der Waals surface area contributed by atoms with Gasteiger partial charge in [0.1, 0.15) is 0 Å². The molecule has 0 spiro atoms. The van der Waals surface area contributed by atoms with Crippen molar-refractivity contribution < 1.29 is 21.8 Å². The smallest absolute Gasteiger partial charge is 0.332 e. The van der Waals surface area contributed by atoms with Crippen LogP contribution in [0.25, 0.3) is 0 Å². The van der Waals surface area contributed by atoms with Gasteiger partial charge in [0.25, 0.3) is 0 Å².